The molecule has 2 fully saturated rings. The van der Waals surface area contributed by atoms with Crippen LogP contribution < -0.4 is 31.9 Å². The number of hydrogen-bond donors (Lipinski definition) is 5. The number of aromatic nitrogens is 3. The molecular weight excluding hydrogens is 986 g/mol. The van der Waals surface area contributed by atoms with Crippen molar-refractivity contribution in [3.63, 3.8) is 0 Å². The minimum absolute atomic E-state index is 0.0585. The normalized spacial score (nSPS) is 18.5. The van der Waals surface area contributed by atoms with Gasteiger partial charge in [-0.2, -0.15) is 10.4 Å². The first-order chi connectivity index (χ1) is 36.8. The fourth-order valence-electron chi connectivity index (χ4n) is 10.4. The number of rotatable bonds is 21. The van der Waals surface area contributed by atoms with Crippen LogP contribution in [0.1, 0.15) is 112 Å². The molecule has 0 aliphatic carbocycles. The van der Waals surface area contributed by atoms with Gasteiger partial charge in [-0.1, -0.05) is 58.0 Å². The molecule has 3 aliphatic heterocycles. The third kappa shape index (κ3) is 13.8. The molecule has 7 rings (SSSR count). The lowest BCUT2D eigenvalue weighted by molar-refractivity contribution is -0.144. The number of hydrogen-bond acceptors (Lipinski definition) is 14. The predicted molar refractivity (Wildman–Crippen MR) is 289 cm³/mol. The highest BCUT2D eigenvalue weighted by Crippen LogP contribution is 2.43. The molecule has 4 aromatic rings. The van der Waals surface area contributed by atoms with E-state index in [1.165, 1.54) is 23.1 Å². The van der Waals surface area contributed by atoms with Crippen LogP contribution in [0.2, 0.25) is 0 Å². The Kier molecular flexibility index (Phi) is 19.4. The number of benzene rings is 2. The average molecular weight is 1060 g/mol. The van der Waals surface area contributed by atoms with Gasteiger partial charge in [-0.05, 0) is 80.5 Å². The number of nitrogens with one attached hydrogen (secondary N) is 4. The van der Waals surface area contributed by atoms with Crippen molar-refractivity contribution in [3.05, 3.63) is 94.7 Å². The molecule has 0 radical (unpaired) electrons. The van der Waals surface area contributed by atoms with E-state index in [4.69, 9.17) is 15.2 Å². The zero-order valence-corrected chi connectivity index (χ0v) is 45.7. The van der Waals surface area contributed by atoms with Gasteiger partial charge in [0, 0.05) is 69.2 Å². The predicted octanol–water partition coefficient (Wildman–Crippen LogP) is 4.31. The van der Waals surface area contributed by atoms with E-state index >= 15 is 0 Å². The van der Waals surface area contributed by atoms with E-state index in [-0.39, 0.29) is 112 Å². The van der Waals surface area contributed by atoms with Crippen LogP contribution in [-0.2, 0) is 41.7 Å². The largest absolute Gasteiger partial charge is 0.382 e. The molecule has 2 saturated heterocycles. The van der Waals surface area contributed by atoms with Crippen LogP contribution >= 0.6 is 0 Å². The molecule has 77 heavy (non-hydrogen) atoms. The summed E-state index contributed by atoms with van der Waals surface area (Å²) >= 11 is 0. The highest BCUT2D eigenvalue weighted by Gasteiger charge is 2.45. The van der Waals surface area contributed by atoms with Crippen LogP contribution in [0, 0.1) is 22.6 Å². The Labute approximate surface area is 451 Å². The van der Waals surface area contributed by atoms with Crippen molar-refractivity contribution >= 4 is 41.0 Å². The summed E-state index contributed by atoms with van der Waals surface area (Å²) in [6.45, 7) is 12.2. The van der Waals surface area contributed by atoms with Gasteiger partial charge in [-0.25, -0.2) is 9.37 Å². The van der Waals surface area contributed by atoms with Gasteiger partial charge >= 0.3 is 0 Å². The molecule has 21 heteroatoms. The minimum atomic E-state index is -0.875. The molecule has 2 aromatic heterocycles. The second-order valence-electron chi connectivity index (χ2n) is 21.3. The van der Waals surface area contributed by atoms with Crippen LogP contribution in [-0.4, -0.2) is 157 Å². The van der Waals surface area contributed by atoms with Crippen molar-refractivity contribution in [2.24, 2.45) is 5.41 Å². The van der Waals surface area contributed by atoms with Crippen molar-refractivity contribution in [2.75, 3.05) is 84.4 Å². The second kappa shape index (κ2) is 25.9. The molecular formula is C56H76FN13O7. The first kappa shape index (κ1) is 57.7. The molecule has 20 nitrogen and oxygen atoms in total. The molecule has 6 N–H and O–H groups in total. The number of nitrogens with zero attached hydrogens (tertiary/aromatic N) is 8. The maximum absolute atomic E-state index is 14.8. The first-order valence-corrected chi connectivity index (χ1v) is 26.7. The lowest BCUT2D eigenvalue weighted by Crippen LogP contribution is -2.59. The van der Waals surface area contributed by atoms with E-state index in [1.54, 1.807) is 48.7 Å². The smallest absolute Gasteiger partial charge is 0.254 e. The van der Waals surface area contributed by atoms with Crippen molar-refractivity contribution < 1.29 is 37.8 Å². The van der Waals surface area contributed by atoms with Gasteiger partial charge in [0.1, 0.15) is 29.8 Å². The molecule has 0 saturated carbocycles. The number of ether oxygens (including phenoxy) is 2. The Morgan fingerprint density at radius 3 is 2.48 bits per heavy atom. The number of carbonyl (C=O) groups is 5. The summed E-state index contributed by atoms with van der Waals surface area (Å²) in [5, 5.41) is 27.6. The summed E-state index contributed by atoms with van der Waals surface area (Å²) in [7, 11) is 5.02. The molecule has 6 atom stereocenters. The number of likely N-dealkylation sites (tertiary alicyclic amines) is 1. The van der Waals surface area contributed by atoms with Gasteiger partial charge < -0.3 is 56.1 Å². The summed E-state index contributed by atoms with van der Waals surface area (Å²) in [4.78, 5) is 80.3. The third-order valence-electron chi connectivity index (χ3n) is 14.9. The third-order valence-corrected chi connectivity index (χ3v) is 14.9. The number of nitrogens with two attached hydrogens (primary N) is 1. The van der Waals surface area contributed by atoms with Crippen LogP contribution in [0.3, 0.4) is 0 Å². The lowest BCUT2D eigenvalue weighted by Gasteiger charge is -2.36. The Morgan fingerprint density at radius 1 is 1.04 bits per heavy atom. The van der Waals surface area contributed by atoms with E-state index < -0.39 is 29.4 Å². The average Bonchev–Trinajstić information content (AvgIpc) is 4.20. The van der Waals surface area contributed by atoms with Crippen LogP contribution in [0.5, 0.6) is 0 Å². The van der Waals surface area contributed by atoms with Gasteiger partial charge in [-0.3, -0.25) is 28.7 Å². The number of carbonyl (C=O) groups excluding carboxylic acids is 5. The minimum Gasteiger partial charge on any atom is -0.382 e. The van der Waals surface area contributed by atoms with E-state index in [1.807, 2.05) is 64.1 Å². The van der Waals surface area contributed by atoms with Crippen LogP contribution in [0.25, 0.3) is 11.1 Å². The monoisotopic (exact) mass is 1060 g/mol. The second-order valence-corrected chi connectivity index (χ2v) is 21.3. The number of likely N-dealkylation sites (N-methyl/N-ethyl adjacent to an activating group) is 2. The number of pyridine rings is 1. The summed E-state index contributed by atoms with van der Waals surface area (Å²) in [6.07, 6.45) is 4.22. The van der Waals surface area contributed by atoms with E-state index in [0.717, 1.165) is 12.0 Å². The van der Waals surface area contributed by atoms with E-state index in [0.29, 0.717) is 72.6 Å². The Hall–Kier alpha value is -6.99. The molecule has 0 spiro atoms. The number of nitrogen functional groups attached to an aromatic ring is 1. The summed E-state index contributed by atoms with van der Waals surface area (Å²) in [6, 6.07) is 15.1. The van der Waals surface area contributed by atoms with E-state index in [9.17, 15) is 33.6 Å². The van der Waals surface area contributed by atoms with Crippen LogP contribution in [0.4, 0.5) is 15.9 Å². The number of fused-ring (bicyclic) bond motifs is 8. The fraction of sp³-hybridized carbons (Fsp3) is 0.536. The molecule has 5 heterocycles. The summed E-state index contributed by atoms with van der Waals surface area (Å²) in [5.74, 6) is -1.53. The summed E-state index contributed by atoms with van der Waals surface area (Å²) in [5.41, 5.74) is 10.2. The Morgan fingerprint density at radius 2 is 1.78 bits per heavy atom. The highest BCUT2D eigenvalue weighted by atomic mass is 19.1. The molecule has 2 aromatic carbocycles. The van der Waals surface area contributed by atoms with Crippen molar-refractivity contribution in [1.82, 2.24) is 50.7 Å². The zero-order chi connectivity index (χ0) is 55.6. The van der Waals surface area contributed by atoms with Gasteiger partial charge in [0.05, 0.1) is 75.4 Å². The number of halogens is 1. The van der Waals surface area contributed by atoms with Crippen molar-refractivity contribution in [1.29, 1.82) is 5.26 Å². The van der Waals surface area contributed by atoms with Gasteiger partial charge in [0.2, 0.25) is 23.6 Å². The Balaban J connectivity index is 0.903. The Bertz CT molecular complexity index is 2780. The van der Waals surface area contributed by atoms with Crippen molar-refractivity contribution in [3.8, 4) is 17.2 Å². The topological polar surface area (TPSA) is 245 Å². The number of amides is 5. The summed E-state index contributed by atoms with van der Waals surface area (Å²) < 4.78 is 28.1. The molecule has 414 valence electrons. The SMILES string of the molecule is CC[C@H](NC(=O)[C@H]1C[C@@H](NCCOCCOCCC(=O)N(C)CCn2nc(C#N)c3c2CN(C)C(=O)c2ccc(F)cc2[C@H]2CCCN2c2cc-3cnc2N)CN1C(=O)C(NC(=O)[C@@H](C)NC)C(C)(C)C)c1ccccc1. The maximum atomic E-state index is 14.8. The standard InChI is InChI=1S/C56H76FN13O7/c1-9-42(36-14-11-10-12-15-36)63-53(73)46-30-39(33-69(46)55(75)50(56(3,4)5)64-52(72)35(2)60-6)61-20-25-77-27-26-76-24-19-48(71)66(7)22-23-70-47-34-67(8)54(74)40-18-17-38(57)29-41(40)44-16-13-21-68(44)45-28-37(32-62-51(45)59)49(47)43(31-58)65-70/h10-12,14-15,17-18,28-29,32,35,39,42,44,46,50,60-61H,9,13,16,19-27,30,33-34H2,1-8H3,(H2,59,62)(H,63,73)(H,64,72)/t35-,39-,42+,44-,46-,50?/m1/s1. The zero-order valence-electron chi connectivity index (χ0n) is 45.7. The highest BCUT2D eigenvalue weighted by molar-refractivity contribution is 5.96. The van der Waals surface area contributed by atoms with Crippen LogP contribution in [0.15, 0.2) is 60.8 Å². The van der Waals surface area contributed by atoms with Gasteiger partial charge in [-0.15, -0.1) is 0 Å². The quantitative estimate of drug-likeness (QED) is 0.0731. The molecule has 5 amide bonds. The maximum Gasteiger partial charge on any atom is 0.254 e. The number of nitriles is 1. The first-order valence-electron chi connectivity index (χ1n) is 26.7. The molecule has 3 aliphatic rings. The molecule has 1 unspecified atom stereocenters. The van der Waals surface area contributed by atoms with Gasteiger partial charge in [0.15, 0.2) is 5.69 Å². The lowest BCUT2D eigenvalue weighted by atomic mass is 9.85. The fourth-order valence-corrected chi connectivity index (χ4v) is 10.4. The molecule has 2 bridgehead atoms. The van der Waals surface area contributed by atoms with Crippen molar-refractivity contribution in [2.45, 2.75) is 116 Å². The van der Waals surface area contributed by atoms with Gasteiger partial charge in [0.25, 0.3) is 5.91 Å². The number of anilines is 2. The van der Waals surface area contributed by atoms with E-state index in [2.05, 4.69) is 42.3 Å².